The van der Waals surface area contributed by atoms with E-state index in [1.807, 2.05) is 20.8 Å². The second-order valence-electron chi connectivity index (χ2n) is 6.01. The zero-order valence-corrected chi connectivity index (χ0v) is 13.9. The number of rotatable bonds is 4. The maximum Gasteiger partial charge on any atom is 0.229 e. The number of amides is 1. The van der Waals surface area contributed by atoms with E-state index in [9.17, 15) is 9.18 Å². The Hall–Kier alpha value is -2.14. The Bertz CT molecular complexity index is 694. The molecule has 0 saturated carbocycles. The minimum Gasteiger partial charge on any atom is -0.486 e. The summed E-state index contributed by atoms with van der Waals surface area (Å²) in [6.07, 6.45) is 2.89. The summed E-state index contributed by atoms with van der Waals surface area (Å²) in [7, 11) is 0. The standard InChI is InChI=1S/C17H18ClFN2O2/c1-17(2,3)23-15-7-8-20-10-14(15)21-16(22)9-11-12(18)5-4-6-13(11)19/h4-8,10H,9H2,1-3H3,(H,21,22). The lowest BCUT2D eigenvalue weighted by Crippen LogP contribution is -2.24. The average Bonchev–Trinajstić information content (AvgIpc) is 2.44. The van der Waals surface area contributed by atoms with Crippen LogP contribution in [0.2, 0.25) is 5.02 Å². The van der Waals surface area contributed by atoms with E-state index in [-0.39, 0.29) is 17.0 Å². The average molecular weight is 337 g/mol. The van der Waals surface area contributed by atoms with Crippen molar-refractivity contribution in [1.82, 2.24) is 4.98 Å². The molecule has 2 rings (SSSR count). The second-order valence-corrected chi connectivity index (χ2v) is 6.42. The van der Waals surface area contributed by atoms with Gasteiger partial charge < -0.3 is 10.1 Å². The third-order valence-electron chi connectivity index (χ3n) is 2.87. The van der Waals surface area contributed by atoms with Crippen LogP contribution in [-0.4, -0.2) is 16.5 Å². The molecule has 1 heterocycles. The molecule has 0 aliphatic carbocycles. The molecular formula is C17H18ClFN2O2. The number of nitrogens with zero attached hydrogens (tertiary/aromatic N) is 1. The van der Waals surface area contributed by atoms with Crippen LogP contribution in [-0.2, 0) is 11.2 Å². The van der Waals surface area contributed by atoms with E-state index in [2.05, 4.69) is 10.3 Å². The Balaban J connectivity index is 2.15. The number of benzene rings is 1. The van der Waals surface area contributed by atoms with Gasteiger partial charge in [-0.25, -0.2) is 4.39 Å². The molecule has 1 amide bonds. The van der Waals surface area contributed by atoms with Crippen molar-refractivity contribution in [3.63, 3.8) is 0 Å². The van der Waals surface area contributed by atoms with Gasteiger partial charge in [-0.3, -0.25) is 9.78 Å². The molecule has 0 fully saturated rings. The highest BCUT2D eigenvalue weighted by atomic mass is 35.5. The van der Waals surface area contributed by atoms with Crippen LogP contribution in [0.15, 0.2) is 36.7 Å². The Kier molecular flexibility index (Phi) is 5.21. The number of carbonyl (C=O) groups excluding carboxylic acids is 1. The highest BCUT2D eigenvalue weighted by molar-refractivity contribution is 6.31. The van der Waals surface area contributed by atoms with Gasteiger partial charge in [0.15, 0.2) is 0 Å². The molecule has 0 radical (unpaired) electrons. The quantitative estimate of drug-likeness (QED) is 0.908. The molecular weight excluding hydrogens is 319 g/mol. The molecule has 0 saturated heterocycles. The molecule has 23 heavy (non-hydrogen) atoms. The van der Waals surface area contributed by atoms with E-state index < -0.39 is 17.3 Å². The summed E-state index contributed by atoms with van der Waals surface area (Å²) in [5.41, 5.74) is 0.170. The molecule has 0 spiro atoms. The maximum atomic E-state index is 13.7. The maximum absolute atomic E-state index is 13.7. The molecule has 6 heteroatoms. The van der Waals surface area contributed by atoms with E-state index in [4.69, 9.17) is 16.3 Å². The molecule has 0 atom stereocenters. The van der Waals surface area contributed by atoms with Gasteiger partial charge in [0, 0.05) is 22.8 Å². The minimum atomic E-state index is -0.509. The van der Waals surface area contributed by atoms with Gasteiger partial charge in [0.2, 0.25) is 5.91 Å². The monoisotopic (exact) mass is 336 g/mol. The number of carbonyl (C=O) groups is 1. The van der Waals surface area contributed by atoms with Crippen LogP contribution in [0.25, 0.3) is 0 Å². The van der Waals surface area contributed by atoms with Crippen LogP contribution in [0.5, 0.6) is 5.75 Å². The fourth-order valence-electron chi connectivity index (χ4n) is 1.95. The summed E-state index contributed by atoms with van der Waals surface area (Å²) >= 11 is 5.94. The van der Waals surface area contributed by atoms with Crippen molar-refractivity contribution >= 4 is 23.2 Å². The van der Waals surface area contributed by atoms with Gasteiger partial charge in [-0.1, -0.05) is 17.7 Å². The van der Waals surface area contributed by atoms with Gasteiger partial charge in [0.05, 0.1) is 12.6 Å². The van der Waals surface area contributed by atoms with Crippen LogP contribution >= 0.6 is 11.6 Å². The van der Waals surface area contributed by atoms with Gasteiger partial charge in [0.25, 0.3) is 0 Å². The third-order valence-corrected chi connectivity index (χ3v) is 3.22. The lowest BCUT2D eigenvalue weighted by Gasteiger charge is -2.23. The summed E-state index contributed by atoms with van der Waals surface area (Å²) in [5, 5.41) is 2.90. The highest BCUT2D eigenvalue weighted by Gasteiger charge is 2.17. The summed E-state index contributed by atoms with van der Waals surface area (Å²) in [6.45, 7) is 5.70. The predicted molar refractivity (Wildman–Crippen MR) is 88.4 cm³/mol. The smallest absolute Gasteiger partial charge is 0.229 e. The van der Waals surface area contributed by atoms with Crippen molar-refractivity contribution in [3.8, 4) is 5.75 Å². The van der Waals surface area contributed by atoms with Crippen molar-refractivity contribution in [2.45, 2.75) is 32.8 Å². The molecule has 0 aliphatic rings. The topological polar surface area (TPSA) is 51.2 Å². The van der Waals surface area contributed by atoms with E-state index >= 15 is 0 Å². The zero-order chi connectivity index (χ0) is 17.0. The minimum absolute atomic E-state index is 0.161. The van der Waals surface area contributed by atoms with Crippen molar-refractivity contribution in [2.24, 2.45) is 0 Å². The summed E-state index contributed by atoms with van der Waals surface area (Å²) in [6, 6.07) is 5.98. The Morgan fingerprint density at radius 1 is 1.35 bits per heavy atom. The number of pyridine rings is 1. The fraction of sp³-hybridized carbons (Fsp3) is 0.294. The molecule has 1 aromatic carbocycles. The first kappa shape index (κ1) is 17.2. The Morgan fingerprint density at radius 2 is 2.09 bits per heavy atom. The van der Waals surface area contributed by atoms with E-state index in [0.717, 1.165) is 0 Å². The van der Waals surface area contributed by atoms with Crippen molar-refractivity contribution in [2.75, 3.05) is 5.32 Å². The molecule has 0 bridgehead atoms. The summed E-state index contributed by atoms with van der Waals surface area (Å²) in [4.78, 5) is 16.2. The van der Waals surface area contributed by atoms with Crippen LogP contribution in [0, 0.1) is 5.82 Å². The van der Waals surface area contributed by atoms with E-state index in [1.54, 1.807) is 18.3 Å². The van der Waals surface area contributed by atoms with Crippen LogP contribution in [0.3, 0.4) is 0 Å². The number of ether oxygens (including phenoxy) is 1. The number of aromatic nitrogens is 1. The molecule has 0 aliphatic heterocycles. The van der Waals surface area contributed by atoms with Gasteiger partial charge in [-0.05, 0) is 32.9 Å². The lowest BCUT2D eigenvalue weighted by atomic mass is 10.1. The first-order valence-electron chi connectivity index (χ1n) is 7.12. The van der Waals surface area contributed by atoms with Crippen molar-refractivity contribution in [3.05, 3.63) is 53.1 Å². The number of hydrogen-bond acceptors (Lipinski definition) is 3. The number of halogens is 2. The van der Waals surface area contributed by atoms with Gasteiger partial charge in [0.1, 0.15) is 22.9 Å². The van der Waals surface area contributed by atoms with Gasteiger partial charge >= 0.3 is 0 Å². The zero-order valence-electron chi connectivity index (χ0n) is 13.2. The summed E-state index contributed by atoms with van der Waals surface area (Å²) in [5.74, 6) is -0.408. The first-order valence-corrected chi connectivity index (χ1v) is 7.50. The highest BCUT2D eigenvalue weighted by Crippen LogP contribution is 2.27. The molecule has 122 valence electrons. The number of anilines is 1. The van der Waals surface area contributed by atoms with Crippen molar-refractivity contribution in [1.29, 1.82) is 0 Å². The lowest BCUT2D eigenvalue weighted by molar-refractivity contribution is -0.115. The molecule has 4 nitrogen and oxygen atoms in total. The van der Waals surface area contributed by atoms with Gasteiger partial charge in [-0.15, -0.1) is 0 Å². The number of nitrogens with one attached hydrogen (secondary N) is 1. The largest absolute Gasteiger partial charge is 0.486 e. The normalized spacial score (nSPS) is 11.2. The van der Waals surface area contributed by atoms with Crippen LogP contribution < -0.4 is 10.1 Å². The fourth-order valence-corrected chi connectivity index (χ4v) is 2.18. The predicted octanol–water partition coefficient (Wildman–Crippen LogP) is 4.23. The molecule has 0 unspecified atom stereocenters. The first-order chi connectivity index (χ1) is 10.8. The van der Waals surface area contributed by atoms with E-state index in [0.29, 0.717) is 11.4 Å². The van der Waals surface area contributed by atoms with Gasteiger partial charge in [-0.2, -0.15) is 0 Å². The van der Waals surface area contributed by atoms with Crippen LogP contribution in [0.4, 0.5) is 10.1 Å². The second kappa shape index (κ2) is 6.96. The number of hydrogen-bond donors (Lipinski definition) is 1. The molecule has 2 aromatic rings. The SMILES string of the molecule is CC(C)(C)Oc1ccncc1NC(=O)Cc1c(F)cccc1Cl. The summed E-state index contributed by atoms with van der Waals surface area (Å²) < 4.78 is 19.5. The molecule has 1 aromatic heterocycles. The van der Waals surface area contributed by atoms with Crippen LogP contribution in [0.1, 0.15) is 26.3 Å². The molecule has 1 N–H and O–H groups in total. The van der Waals surface area contributed by atoms with E-state index in [1.165, 1.54) is 18.3 Å². The Morgan fingerprint density at radius 3 is 2.74 bits per heavy atom. The third kappa shape index (κ3) is 4.93. The Labute approximate surface area is 139 Å². The van der Waals surface area contributed by atoms with Crippen molar-refractivity contribution < 1.29 is 13.9 Å².